The van der Waals surface area contributed by atoms with E-state index in [1.165, 1.54) is 0 Å². The molecule has 2 heterocycles. The Morgan fingerprint density at radius 3 is 2.13 bits per heavy atom. The van der Waals surface area contributed by atoms with Gasteiger partial charge in [0, 0.05) is 22.7 Å². The molecule has 3 aromatic rings. The highest BCUT2D eigenvalue weighted by Gasteiger charge is 2.46. The van der Waals surface area contributed by atoms with Crippen LogP contribution in [0.2, 0.25) is 21.6 Å². The van der Waals surface area contributed by atoms with Crippen molar-refractivity contribution in [2.45, 2.75) is 58.2 Å². The van der Waals surface area contributed by atoms with Gasteiger partial charge >= 0.3 is 0 Å². The van der Waals surface area contributed by atoms with Gasteiger partial charge in [0.1, 0.15) is 18.5 Å². The van der Waals surface area contributed by atoms with Gasteiger partial charge in [-0.2, -0.15) is 0 Å². The van der Waals surface area contributed by atoms with Crippen LogP contribution in [0.25, 0.3) is 11.0 Å². The van der Waals surface area contributed by atoms with Crippen LogP contribution in [0.15, 0.2) is 53.9 Å². The minimum Gasteiger partial charge on any atom is -0.399 e. The summed E-state index contributed by atoms with van der Waals surface area (Å²) >= 11 is 6.95. The number of aromatic nitrogens is 2. The van der Waals surface area contributed by atoms with Gasteiger partial charge in [-0.25, -0.2) is 4.98 Å². The summed E-state index contributed by atoms with van der Waals surface area (Å²) in [7, 11) is -0.373. The molecular weight excluding hydrogens is 410 g/mol. The molecule has 1 aromatic carbocycles. The second-order valence-electron chi connectivity index (χ2n) is 8.75. The molecule has 0 saturated heterocycles. The highest BCUT2D eigenvalue weighted by Crippen LogP contribution is 2.44. The average molecular weight is 442 g/mol. The number of fused-ring (bicyclic) bond motifs is 1. The lowest BCUT2D eigenvalue weighted by Crippen LogP contribution is -2.51. The van der Waals surface area contributed by atoms with Crippen molar-refractivity contribution in [3.8, 4) is 0 Å². The Hall–Kier alpha value is -2.11. The first kappa shape index (κ1) is 22.6. The number of nitrogens with zero attached hydrogens (tertiary/aromatic N) is 3. The van der Waals surface area contributed by atoms with Crippen molar-refractivity contribution in [1.82, 2.24) is 9.22 Å². The molecule has 2 aromatic heterocycles. The Kier molecular flexibility index (Phi) is 6.73. The van der Waals surface area contributed by atoms with Crippen molar-refractivity contribution in [2.75, 3.05) is 7.11 Å². The third-order valence-electron chi connectivity index (χ3n) is 6.33. The predicted octanol–water partition coefficient (Wildman–Crippen LogP) is 7.11. The lowest BCUT2D eigenvalue weighted by atomic mass is 10.0. The molecular formula is C24H32ClN3OSi. The average Bonchev–Trinajstić information content (AvgIpc) is 3.12. The Bertz CT molecular complexity index is 1020. The second-order valence-corrected chi connectivity index (χ2v) is 14.8. The van der Waals surface area contributed by atoms with Crippen LogP contribution in [0.4, 0.5) is 0 Å². The summed E-state index contributed by atoms with van der Waals surface area (Å²) in [6.45, 7) is 14.1. The Morgan fingerprint density at radius 1 is 1.00 bits per heavy atom. The van der Waals surface area contributed by atoms with Crippen molar-refractivity contribution in [1.29, 1.82) is 0 Å². The minimum atomic E-state index is -1.92. The molecule has 0 N–H and O–H groups in total. The molecule has 0 saturated carbocycles. The molecule has 0 spiro atoms. The Morgan fingerprint density at radius 2 is 1.60 bits per heavy atom. The zero-order valence-corrected chi connectivity index (χ0v) is 20.7. The molecule has 0 bridgehead atoms. The third kappa shape index (κ3) is 3.58. The molecule has 0 amide bonds. The molecule has 0 radical (unpaired) electrons. The standard InChI is InChI=1S/C24H32ClN3OSi/c1-16(2)30(17(3)4,18(5)6)28-14-13-20-22(25)21(15-26-24(20)28)23(27-29-7)19-11-9-8-10-12-19/h8-18H,1-7H3/b27-23+. The van der Waals surface area contributed by atoms with Crippen molar-refractivity contribution >= 4 is 36.6 Å². The first-order valence-electron chi connectivity index (χ1n) is 10.6. The lowest BCUT2D eigenvalue weighted by Gasteiger charge is -2.44. The van der Waals surface area contributed by atoms with Crippen molar-refractivity contribution in [3.63, 3.8) is 0 Å². The van der Waals surface area contributed by atoms with Gasteiger partial charge < -0.3 is 9.07 Å². The van der Waals surface area contributed by atoms with Gasteiger partial charge in [-0.1, -0.05) is 88.6 Å². The van der Waals surface area contributed by atoms with Crippen LogP contribution in [0.3, 0.4) is 0 Å². The van der Waals surface area contributed by atoms with Gasteiger partial charge in [0.2, 0.25) is 0 Å². The maximum Gasteiger partial charge on any atom is 0.171 e. The lowest BCUT2D eigenvalue weighted by molar-refractivity contribution is 0.214. The van der Waals surface area contributed by atoms with E-state index in [4.69, 9.17) is 21.4 Å². The first-order valence-corrected chi connectivity index (χ1v) is 13.1. The van der Waals surface area contributed by atoms with Crippen molar-refractivity contribution in [2.24, 2.45) is 5.16 Å². The van der Waals surface area contributed by atoms with E-state index in [1.54, 1.807) is 7.11 Å². The topological polar surface area (TPSA) is 39.4 Å². The van der Waals surface area contributed by atoms with Gasteiger partial charge in [0.05, 0.1) is 5.02 Å². The Balaban J connectivity index is 2.24. The summed E-state index contributed by atoms with van der Waals surface area (Å²) in [4.78, 5) is 10.1. The molecule has 0 atom stereocenters. The van der Waals surface area contributed by atoms with Crippen LogP contribution < -0.4 is 0 Å². The number of hydrogen-bond donors (Lipinski definition) is 0. The molecule has 0 aliphatic carbocycles. The van der Waals surface area contributed by atoms with Crippen LogP contribution in [-0.4, -0.2) is 30.3 Å². The predicted molar refractivity (Wildman–Crippen MR) is 130 cm³/mol. The van der Waals surface area contributed by atoms with Crippen LogP contribution in [0.5, 0.6) is 0 Å². The van der Waals surface area contributed by atoms with E-state index in [-0.39, 0.29) is 0 Å². The molecule has 0 unspecified atom stereocenters. The van der Waals surface area contributed by atoms with E-state index >= 15 is 0 Å². The summed E-state index contributed by atoms with van der Waals surface area (Å²) in [6, 6.07) is 12.0. The van der Waals surface area contributed by atoms with E-state index < -0.39 is 8.24 Å². The fourth-order valence-electron chi connectivity index (χ4n) is 5.31. The molecule has 30 heavy (non-hydrogen) atoms. The van der Waals surface area contributed by atoms with E-state index in [2.05, 4.69) is 63.2 Å². The van der Waals surface area contributed by atoms with Crippen LogP contribution in [0, 0.1) is 0 Å². The zero-order valence-electron chi connectivity index (χ0n) is 19.0. The van der Waals surface area contributed by atoms with Crippen LogP contribution in [-0.2, 0) is 4.84 Å². The third-order valence-corrected chi connectivity index (χ3v) is 13.5. The molecule has 0 fully saturated rings. The fraction of sp³-hybridized carbons (Fsp3) is 0.417. The molecule has 4 nitrogen and oxygen atoms in total. The SMILES string of the molecule is CO/N=C(\c1ccccc1)c1cnc2c(ccn2[Si](C(C)C)(C(C)C)C(C)C)c1Cl. The Labute approximate surface area is 186 Å². The van der Waals surface area contributed by atoms with Gasteiger partial charge in [0.25, 0.3) is 0 Å². The van der Waals surface area contributed by atoms with Gasteiger partial charge in [0.15, 0.2) is 8.24 Å². The van der Waals surface area contributed by atoms with Crippen molar-refractivity contribution < 1.29 is 4.84 Å². The number of benzene rings is 1. The smallest absolute Gasteiger partial charge is 0.171 e. The van der Waals surface area contributed by atoms with Gasteiger partial charge in [-0.05, 0) is 28.9 Å². The van der Waals surface area contributed by atoms with Gasteiger partial charge in [-0.15, -0.1) is 0 Å². The monoisotopic (exact) mass is 441 g/mol. The van der Waals surface area contributed by atoms with E-state index in [1.807, 2.05) is 36.5 Å². The van der Waals surface area contributed by atoms with E-state index in [0.717, 1.165) is 22.2 Å². The molecule has 0 aliphatic rings. The summed E-state index contributed by atoms with van der Waals surface area (Å²) < 4.78 is 2.48. The minimum absolute atomic E-state index is 0.572. The summed E-state index contributed by atoms with van der Waals surface area (Å²) in [6.07, 6.45) is 4.04. The molecule has 6 heteroatoms. The molecule has 0 aliphatic heterocycles. The number of pyridine rings is 1. The highest BCUT2D eigenvalue weighted by molar-refractivity contribution is 6.82. The van der Waals surface area contributed by atoms with Gasteiger partial charge in [-0.3, -0.25) is 0 Å². The van der Waals surface area contributed by atoms with E-state index in [0.29, 0.717) is 27.4 Å². The van der Waals surface area contributed by atoms with Crippen molar-refractivity contribution in [3.05, 3.63) is 64.9 Å². The molecule has 3 rings (SSSR count). The zero-order chi connectivity index (χ0) is 22.1. The maximum atomic E-state index is 6.95. The number of oxime groups is 1. The summed E-state index contributed by atoms with van der Waals surface area (Å²) in [5, 5.41) is 5.90. The largest absolute Gasteiger partial charge is 0.399 e. The summed E-state index contributed by atoms with van der Waals surface area (Å²) in [5.74, 6) is 0. The van der Waals surface area contributed by atoms with Crippen LogP contribution in [0.1, 0.15) is 52.7 Å². The quantitative estimate of drug-likeness (QED) is 0.222. The normalized spacial score (nSPS) is 13.1. The maximum absolute atomic E-state index is 6.95. The summed E-state index contributed by atoms with van der Waals surface area (Å²) in [5.41, 5.74) is 5.09. The number of hydrogen-bond acceptors (Lipinski definition) is 3. The first-order chi connectivity index (χ1) is 14.3. The number of rotatable bonds is 7. The molecule has 160 valence electrons. The van der Waals surface area contributed by atoms with Crippen LogP contribution >= 0.6 is 11.6 Å². The fourth-order valence-corrected chi connectivity index (χ4v) is 12.1. The highest BCUT2D eigenvalue weighted by atomic mass is 35.5. The van der Waals surface area contributed by atoms with E-state index in [9.17, 15) is 0 Å². The number of halogens is 1. The second kappa shape index (κ2) is 8.94.